The molecule has 0 fully saturated rings. The maximum absolute atomic E-state index is 13.3. The van der Waals surface area contributed by atoms with Crippen molar-refractivity contribution >= 4 is 23.1 Å². The van der Waals surface area contributed by atoms with Gasteiger partial charge in [-0.25, -0.2) is 0 Å². The Bertz CT molecular complexity index is 1020. The molecule has 0 saturated carbocycles. The third kappa shape index (κ3) is 4.70. The molecule has 0 aliphatic carbocycles. The number of anilines is 1. The molecule has 2 amide bonds. The molecular formula is C24H28N2O6. The third-order valence-corrected chi connectivity index (χ3v) is 5.07. The van der Waals surface area contributed by atoms with E-state index in [0.29, 0.717) is 48.1 Å². The lowest BCUT2D eigenvalue weighted by Gasteiger charge is -2.15. The topological polar surface area (TPSA) is 86.3 Å². The highest BCUT2D eigenvalue weighted by molar-refractivity contribution is 6.37. The molecule has 32 heavy (non-hydrogen) atoms. The van der Waals surface area contributed by atoms with Gasteiger partial charge in [0, 0.05) is 37.1 Å². The number of carbonyl (C=O) groups is 2. The van der Waals surface area contributed by atoms with Gasteiger partial charge in [-0.2, -0.15) is 0 Å². The van der Waals surface area contributed by atoms with Crippen LogP contribution in [-0.4, -0.2) is 57.8 Å². The molecule has 3 rings (SSSR count). The number of hydrogen-bond donors (Lipinski definition) is 1. The maximum atomic E-state index is 13.3. The van der Waals surface area contributed by atoms with E-state index < -0.39 is 5.91 Å². The summed E-state index contributed by atoms with van der Waals surface area (Å²) in [6, 6.07) is 12.3. The van der Waals surface area contributed by atoms with Crippen LogP contribution in [0.4, 0.5) is 5.69 Å². The fourth-order valence-corrected chi connectivity index (χ4v) is 3.52. The van der Waals surface area contributed by atoms with Crippen LogP contribution in [0.1, 0.15) is 18.9 Å². The molecule has 0 spiro atoms. The van der Waals surface area contributed by atoms with Crippen LogP contribution in [-0.2, 0) is 14.3 Å². The molecule has 8 heteroatoms. The third-order valence-electron chi connectivity index (χ3n) is 5.07. The molecule has 0 aromatic heterocycles. The summed E-state index contributed by atoms with van der Waals surface area (Å²) in [7, 11) is 4.61. The summed E-state index contributed by atoms with van der Waals surface area (Å²) in [5, 5.41) is 3.12. The van der Waals surface area contributed by atoms with Crippen molar-refractivity contribution in [2.75, 3.05) is 46.4 Å². The van der Waals surface area contributed by atoms with E-state index in [1.54, 1.807) is 43.5 Å². The fraction of sp³-hybridized carbons (Fsp3) is 0.333. The van der Waals surface area contributed by atoms with E-state index in [2.05, 4.69) is 5.32 Å². The molecule has 0 unspecified atom stereocenters. The minimum absolute atomic E-state index is 0.183. The van der Waals surface area contributed by atoms with Gasteiger partial charge in [0.25, 0.3) is 11.8 Å². The van der Waals surface area contributed by atoms with Gasteiger partial charge in [-0.1, -0.05) is 18.2 Å². The Balaban J connectivity index is 2.01. The largest absolute Gasteiger partial charge is 0.496 e. The number of amides is 2. The van der Waals surface area contributed by atoms with Gasteiger partial charge in [-0.05, 0) is 31.5 Å². The van der Waals surface area contributed by atoms with Gasteiger partial charge in [-0.3, -0.25) is 14.5 Å². The van der Waals surface area contributed by atoms with Crippen LogP contribution < -0.4 is 19.5 Å². The van der Waals surface area contributed by atoms with Crippen molar-refractivity contribution in [3.8, 4) is 17.2 Å². The summed E-state index contributed by atoms with van der Waals surface area (Å²) in [5.74, 6) is 0.790. The maximum Gasteiger partial charge on any atom is 0.278 e. The molecule has 1 aliphatic rings. The number of nitrogens with zero attached hydrogens (tertiary/aromatic N) is 1. The lowest BCUT2D eigenvalue weighted by atomic mass is 10.0. The smallest absolute Gasteiger partial charge is 0.278 e. The average molecular weight is 440 g/mol. The molecule has 8 nitrogen and oxygen atoms in total. The summed E-state index contributed by atoms with van der Waals surface area (Å²) in [6.07, 6.45) is 0.550. The summed E-state index contributed by atoms with van der Waals surface area (Å²) in [5.41, 5.74) is 1.58. The Morgan fingerprint density at radius 2 is 1.59 bits per heavy atom. The van der Waals surface area contributed by atoms with E-state index in [9.17, 15) is 9.59 Å². The second-order valence-electron chi connectivity index (χ2n) is 6.96. The summed E-state index contributed by atoms with van der Waals surface area (Å²) >= 11 is 0. The SMILES string of the molecule is CCOCCCN1C(=O)C(Nc2ccc(OC)c(OC)c2)=C(c2ccccc2OC)C1=O. The number of rotatable bonds is 11. The normalized spacial score (nSPS) is 13.6. The standard InChI is InChI=1S/C24H28N2O6/c1-5-32-14-8-13-26-23(27)21(17-9-6-7-10-18(17)29-2)22(24(26)28)25-16-11-12-19(30-3)20(15-16)31-4/h6-7,9-12,15,25H,5,8,13-14H2,1-4H3. The van der Waals surface area contributed by atoms with Crippen LogP contribution >= 0.6 is 0 Å². The zero-order chi connectivity index (χ0) is 23.1. The lowest BCUT2D eigenvalue weighted by molar-refractivity contribution is -0.137. The number of hydrogen-bond acceptors (Lipinski definition) is 7. The number of methoxy groups -OCH3 is 3. The molecule has 2 aromatic rings. The Labute approximate surface area is 187 Å². The van der Waals surface area contributed by atoms with E-state index in [-0.39, 0.29) is 23.7 Å². The molecule has 1 aliphatic heterocycles. The number of ether oxygens (including phenoxy) is 4. The first-order valence-corrected chi connectivity index (χ1v) is 10.4. The monoisotopic (exact) mass is 440 g/mol. The highest BCUT2D eigenvalue weighted by Gasteiger charge is 2.40. The van der Waals surface area contributed by atoms with Crippen LogP contribution in [0.3, 0.4) is 0 Å². The number of carbonyl (C=O) groups excluding carboxylic acids is 2. The highest BCUT2D eigenvalue weighted by atomic mass is 16.5. The van der Waals surface area contributed by atoms with Crippen molar-refractivity contribution in [3.63, 3.8) is 0 Å². The molecule has 0 atom stereocenters. The van der Waals surface area contributed by atoms with Gasteiger partial charge in [0.2, 0.25) is 0 Å². The van der Waals surface area contributed by atoms with Crippen LogP contribution in [0, 0.1) is 0 Å². The summed E-state index contributed by atoms with van der Waals surface area (Å²) < 4.78 is 21.4. The molecule has 0 bridgehead atoms. The Morgan fingerprint density at radius 3 is 2.28 bits per heavy atom. The van der Waals surface area contributed by atoms with Gasteiger partial charge >= 0.3 is 0 Å². The van der Waals surface area contributed by atoms with Crippen LogP contribution in [0.2, 0.25) is 0 Å². The Morgan fingerprint density at radius 1 is 0.875 bits per heavy atom. The van der Waals surface area contributed by atoms with E-state index in [1.165, 1.54) is 19.1 Å². The molecule has 1 heterocycles. The summed E-state index contributed by atoms with van der Waals surface area (Å²) in [6.45, 7) is 3.21. The van der Waals surface area contributed by atoms with Gasteiger partial charge in [-0.15, -0.1) is 0 Å². The zero-order valence-corrected chi connectivity index (χ0v) is 18.8. The fourth-order valence-electron chi connectivity index (χ4n) is 3.52. The first-order chi connectivity index (χ1) is 15.5. The van der Waals surface area contributed by atoms with Crippen molar-refractivity contribution < 1.29 is 28.5 Å². The number of para-hydroxylation sites is 1. The summed E-state index contributed by atoms with van der Waals surface area (Å²) in [4.78, 5) is 27.9. The molecule has 1 N–H and O–H groups in total. The number of nitrogens with one attached hydrogen (secondary N) is 1. The van der Waals surface area contributed by atoms with Crippen molar-refractivity contribution in [2.24, 2.45) is 0 Å². The van der Waals surface area contributed by atoms with Gasteiger partial charge in [0.15, 0.2) is 11.5 Å². The van der Waals surface area contributed by atoms with Crippen molar-refractivity contribution in [1.82, 2.24) is 4.90 Å². The minimum Gasteiger partial charge on any atom is -0.496 e. The average Bonchev–Trinajstić information content (AvgIpc) is 3.05. The molecule has 170 valence electrons. The van der Waals surface area contributed by atoms with Crippen molar-refractivity contribution in [2.45, 2.75) is 13.3 Å². The first-order valence-electron chi connectivity index (χ1n) is 10.4. The van der Waals surface area contributed by atoms with E-state index >= 15 is 0 Å². The first kappa shape index (κ1) is 23.1. The van der Waals surface area contributed by atoms with Crippen LogP contribution in [0.25, 0.3) is 5.57 Å². The van der Waals surface area contributed by atoms with E-state index in [0.717, 1.165) is 0 Å². The molecule has 0 radical (unpaired) electrons. The zero-order valence-electron chi connectivity index (χ0n) is 18.8. The highest BCUT2D eigenvalue weighted by Crippen LogP contribution is 2.36. The molecule has 2 aromatic carbocycles. The number of imide groups is 1. The lowest BCUT2D eigenvalue weighted by Crippen LogP contribution is -2.34. The number of benzene rings is 2. The van der Waals surface area contributed by atoms with Crippen LogP contribution in [0.15, 0.2) is 48.2 Å². The van der Waals surface area contributed by atoms with E-state index in [4.69, 9.17) is 18.9 Å². The van der Waals surface area contributed by atoms with Gasteiger partial charge in [0.1, 0.15) is 11.4 Å². The van der Waals surface area contributed by atoms with Gasteiger partial charge < -0.3 is 24.3 Å². The van der Waals surface area contributed by atoms with Crippen molar-refractivity contribution in [3.05, 3.63) is 53.7 Å². The van der Waals surface area contributed by atoms with Crippen LogP contribution in [0.5, 0.6) is 17.2 Å². The molecule has 0 saturated heterocycles. The van der Waals surface area contributed by atoms with E-state index in [1.807, 2.05) is 13.0 Å². The second-order valence-corrected chi connectivity index (χ2v) is 6.96. The van der Waals surface area contributed by atoms with Crippen molar-refractivity contribution in [1.29, 1.82) is 0 Å². The Hall–Kier alpha value is -3.52. The second kappa shape index (κ2) is 10.7. The Kier molecular flexibility index (Phi) is 7.72. The predicted molar refractivity (Wildman–Crippen MR) is 121 cm³/mol. The quantitative estimate of drug-likeness (QED) is 0.424. The minimum atomic E-state index is -0.401. The predicted octanol–water partition coefficient (Wildman–Crippen LogP) is 3.33. The van der Waals surface area contributed by atoms with Gasteiger partial charge in [0.05, 0.1) is 26.9 Å². The molecular weight excluding hydrogens is 412 g/mol.